The van der Waals surface area contributed by atoms with Crippen LogP contribution in [0.4, 0.5) is 10.7 Å². The number of aliphatic hydroxyl groups excluding tert-OH is 1. The van der Waals surface area contributed by atoms with Crippen molar-refractivity contribution in [3.05, 3.63) is 83.0 Å². The van der Waals surface area contributed by atoms with Crippen molar-refractivity contribution in [1.29, 1.82) is 0 Å². The molecule has 5 aromatic heterocycles. The Kier molecular flexibility index (Phi) is 15.2. The van der Waals surface area contributed by atoms with E-state index in [1.54, 1.807) is 39.2 Å². The first-order valence-corrected chi connectivity index (χ1v) is 22.2. The molecule has 0 aliphatic rings. The minimum atomic E-state index is -1.06. The van der Waals surface area contributed by atoms with Crippen LogP contribution in [0.1, 0.15) is 75.7 Å². The monoisotopic (exact) mass is 947 g/mol. The molecule has 5 heterocycles. The van der Waals surface area contributed by atoms with Crippen molar-refractivity contribution in [3.63, 3.8) is 0 Å². The molecule has 0 bridgehead atoms. The zero-order chi connectivity index (χ0) is 49.4. The summed E-state index contributed by atoms with van der Waals surface area (Å²) in [6.07, 6.45) is 4.92. The number of fused-ring (bicyclic) bond motifs is 4. The summed E-state index contributed by atoms with van der Waals surface area (Å²) in [5.74, 6) is -1.84. The normalized spacial score (nSPS) is 11.5. The highest BCUT2D eigenvalue weighted by Crippen LogP contribution is 2.37. The largest absolute Gasteiger partial charge is 0.491 e. The lowest BCUT2D eigenvalue weighted by atomic mass is 10.1. The third-order valence-corrected chi connectivity index (χ3v) is 10.8. The number of ether oxygens (including phenoxy) is 3. The molecule has 0 unspecified atom stereocenters. The Morgan fingerprint density at radius 1 is 0.768 bits per heavy atom. The van der Waals surface area contributed by atoms with Crippen molar-refractivity contribution in [2.75, 3.05) is 38.3 Å². The van der Waals surface area contributed by atoms with Crippen molar-refractivity contribution < 1.29 is 48.4 Å². The summed E-state index contributed by atoms with van der Waals surface area (Å²) in [4.78, 5) is 76.4. The van der Waals surface area contributed by atoms with Gasteiger partial charge in [0.25, 0.3) is 5.91 Å². The molecule has 69 heavy (non-hydrogen) atoms. The van der Waals surface area contributed by atoms with Crippen LogP contribution in [0.25, 0.3) is 44.5 Å². The first-order valence-electron chi connectivity index (χ1n) is 22.2. The van der Waals surface area contributed by atoms with Crippen LogP contribution in [0.5, 0.6) is 11.5 Å². The van der Waals surface area contributed by atoms with Crippen molar-refractivity contribution >= 4 is 68.7 Å². The van der Waals surface area contributed by atoms with Crippen LogP contribution in [0.15, 0.2) is 54.7 Å². The van der Waals surface area contributed by atoms with Gasteiger partial charge in [0.2, 0.25) is 17.8 Å². The number of aryl methyl sites for hydroxylation is 4. The molecule has 23 nitrogen and oxygen atoms in total. The number of aromatic nitrogens is 9. The summed E-state index contributed by atoms with van der Waals surface area (Å²) >= 11 is 0. The maximum atomic E-state index is 13.8. The summed E-state index contributed by atoms with van der Waals surface area (Å²) in [6, 6.07) is 9.76. The van der Waals surface area contributed by atoms with E-state index >= 15 is 0 Å². The Morgan fingerprint density at radius 2 is 1.42 bits per heavy atom. The van der Waals surface area contributed by atoms with Crippen LogP contribution in [-0.4, -0.2) is 117 Å². The van der Waals surface area contributed by atoms with Crippen LogP contribution in [-0.2, 0) is 35.7 Å². The number of carboxylic acid groups (broad SMARTS) is 1. The Labute approximate surface area is 394 Å². The van der Waals surface area contributed by atoms with E-state index in [1.807, 2.05) is 43.6 Å². The van der Waals surface area contributed by atoms with Gasteiger partial charge in [0.15, 0.2) is 5.82 Å². The lowest BCUT2D eigenvalue weighted by molar-refractivity contribution is -0.136. The topological polar surface area (TPSA) is 314 Å². The lowest BCUT2D eigenvalue weighted by Crippen LogP contribution is -2.27. The van der Waals surface area contributed by atoms with E-state index < -0.39 is 29.8 Å². The molecule has 0 fully saturated rings. The van der Waals surface area contributed by atoms with E-state index in [0.29, 0.717) is 75.4 Å². The predicted octanol–water partition coefficient (Wildman–Crippen LogP) is 4.09. The van der Waals surface area contributed by atoms with Crippen LogP contribution >= 0.6 is 0 Å². The Bertz CT molecular complexity index is 3110. The van der Waals surface area contributed by atoms with Gasteiger partial charge in [-0.25, -0.2) is 19.7 Å². The number of hydrogen-bond acceptors (Lipinski definition) is 14. The maximum absolute atomic E-state index is 13.8. The number of benzene rings is 2. The summed E-state index contributed by atoms with van der Waals surface area (Å²) in [6.45, 7) is 8.70. The SMILES string of the molecule is CCn1nc(C)cc1C(=O)Nc1nc2cc(C(N)=O)cc(OCCCO)c2n1C/C=C/Cn1c2nc(-c3cc(C)nn3CC)ncc2c2cc(C(N)=O)cc(OCCCOC(=O)NCCC(=O)O)c21. The smallest absolute Gasteiger partial charge is 0.407 e. The molecule has 7 aromatic rings. The van der Waals surface area contributed by atoms with Gasteiger partial charge in [-0.05, 0) is 64.1 Å². The molecule has 0 atom stereocenters. The predicted molar refractivity (Wildman–Crippen MR) is 252 cm³/mol. The molecule has 0 radical (unpaired) electrons. The number of anilines is 1. The average molecular weight is 948 g/mol. The quantitative estimate of drug-likeness (QED) is 0.0389. The van der Waals surface area contributed by atoms with Crippen molar-refractivity contribution in [2.24, 2.45) is 11.5 Å². The second kappa shape index (κ2) is 21.5. The number of nitrogens with one attached hydrogen (secondary N) is 2. The number of aliphatic carboxylic acids is 1. The highest BCUT2D eigenvalue weighted by molar-refractivity contribution is 6.12. The highest BCUT2D eigenvalue weighted by atomic mass is 16.5. The van der Waals surface area contributed by atoms with E-state index in [9.17, 15) is 29.1 Å². The van der Waals surface area contributed by atoms with Gasteiger partial charge in [-0.15, -0.1) is 0 Å². The number of rotatable bonds is 23. The van der Waals surface area contributed by atoms with Gasteiger partial charge in [0.05, 0.1) is 48.7 Å². The molecule has 7 rings (SSSR count). The van der Waals surface area contributed by atoms with Gasteiger partial charge in [-0.1, -0.05) is 12.2 Å². The number of alkyl carbamates (subject to hydrolysis) is 1. The number of imidazole rings is 1. The molecule has 0 aliphatic carbocycles. The summed E-state index contributed by atoms with van der Waals surface area (Å²) < 4.78 is 24.6. The molecule has 23 heteroatoms. The van der Waals surface area contributed by atoms with Crippen LogP contribution < -0.4 is 31.6 Å². The number of hydrogen-bond donors (Lipinski definition) is 6. The zero-order valence-corrected chi connectivity index (χ0v) is 38.5. The standard InChI is InChI=1S/C46H53N13O10/c1-5-58-33(19-26(3)54-58)42-50-25-31-30-21-28(40(47)63)23-35(68-17-10-18-69-46(66)49-12-11-37(61)62)38(30)56(43(31)52-42)13-7-8-14-57-39-32(22-29(41(48)64)24-36(39)67-16-9-15-60)51-45(57)53-44(65)34-20-27(4)55-59(34)6-2/h7-8,19-25,60H,5-6,9-18H2,1-4H3,(H2,47,63)(H2,48,64)(H,49,66)(H,61,62)(H,51,53,65)/b8-7+. The van der Waals surface area contributed by atoms with E-state index in [0.717, 1.165) is 5.69 Å². The lowest BCUT2D eigenvalue weighted by Gasteiger charge is -2.13. The van der Waals surface area contributed by atoms with Crippen LogP contribution in [0.2, 0.25) is 0 Å². The molecule has 0 saturated carbocycles. The van der Waals surface area contributed by atoms with Gasteiger partial charge in [-0.2, -0.15) is 10.2 Å². The fourth-order valence-corrected chi connectivity index (χ4v) is 7.71. The summed E-state index contributed by atoms with van der Waals surface area (Å²) in [5.41, 5.74) is 16.1. The molecule has 2 aromatic carbocycles. The van der Waals surface area contributed by atoms with Gasteiger partial charge in [-0.3, -0.25) is 33.9 Å². The third kappa shape index (κ3) is 10.9. The Morgan fingerprint density at radius 3 is 2.10 bits per heavy atom. The average Bonchev–Trinajstić information content (AvgIpc) is 4.08. The zero-order valence-electron chi connectivity index (χ0n) is 38.5. The number of aliphatic hydroxyl groups is 1. The number of nitrogens with two attached hydrogens (primary N) is 2. The molecule has 8 N–H and O–H groups in total. The number of primary amides is 2. The van der Waals surface area contributed by atoms with E-state index in [4.69, 9.17) is 45.7 Å². The van der Waals surface area contributed by atoms with Crippen LogP contribution in [0.3, 0.4) is 0 Å². The third-order valence-electron chi connectivity index (χ3n) is 10.8. The molecular formula is C46H53N13O10. The van der Waals surface area contributed by atoms with E-state index in [-0.39, 0.29) is 87.5 Å². The Hall–Kier alpha value is -8.34. The number of amides is 4. The fourth-order valence-electron chi connectivity index (χ4n) is 7.71. The molecule has 0 spiro atoms. The highest BCUT2D eigenvalue weighted by Gasteiger charge is 2.24. The summed E-state index contributed by atoms with van der Waals surface area (Å²) in [7, 11) is 0. The maximum Gasteiger partial charge on any atom is 0.407 e. The fraction of sp³-hybridized carbons (Fsp3) is 0.348. The van der Waals surface area contributed by atoms with Gasteiger partial charge >= 0.3 is 12.1 Å². The summed E-state index contributed by atoms with van der Waals surface area (Å²) in [5, 5.41) is 33.8. The second-order valence-corrected chi connectivity index (χ2v) is 15.8. The van der Waals surface area contributed by atoms with Crippen molar-refractivity contribution in [3.8, 4) is 23.0 Å². The Balaban J connectivity index is 1.29. The van der Waals surface area contributed by atoms with Crippen molar-refractivity contribution in [2.45, 2.75) is 73.1 Å². The molecule has 362 valence electrons. The van der Waals surface area contributed by atoms with Gasteiger partial charge < -0.3 is 50.3 Å². The van der Waals surface area contributed by atoms with E-state index in [1.165, 1.54) is 18.2 Å². The number of carbonyl (C=O) groups is 5. The second-order valence-electron chi connectivity index (χ2n) is 15.8. The number of carboxylic acids is 1. The van der Waals surface area contributed by atoms with E-state index in [2.05, 4.69) is 20.8 Å². The van der Waals surface area contributed by atoms with Crippen LogP contribution in [0, 0.1) is 13.8 Å². The van der Waals surface area contributed by atoms with Gasteiger partial charge in [0, 0.05) is 80.3 Å². The molecular weight excluding hydrogens is 895 g/mol. The van der Waals surface area contributed by atoms with Gasteiger partial charge in [0.1, 0.15) is 34.1 Å². The van der Waals surface area contributed by atoms with Crippen molar-refractivity contribution in [1.82, 2.24) is 49.0 Å². The first kappa shape index (κ1) is 48.6. The molecule has 0 saturated heterocycles. The number of carbonyl (C=O) groups excluding carboxylic acids is 4. The minimum Gasteiger partial charge on any atom is -0.491 e. The first-order chi connectivity index (χ1) is 33.2. The number of nitrogens with zero attached hydrogens (tertiary/aromatic N) is 9. The minimum absolute atomic E-state index is 0.0456. The number of allylic oxidation sites excluding steroid dienone is 2. The molecule has 4 amide bonds. The molecule has 0 aliphatic heterocycles.